The van der Waals surface area contributed by atoms with Crippen molar-refractivity contribution >= 4 is 12.1 Å². The van der Waals surface area contributed by atoms with Crippen LogP contribution in [0, 0.1) is 0 Å². The third kappa shape index (κ3) is 4.13. The number of amides is 1. The second kappa shape index (κ2) is 7.16. The van der Waals surface area contributed by atoms with Gasteiger partial charge in [0.05, 0.1) is 12.8 Å². The Morgan fingerprint density at radius 3 is 2.83 bits per heavy atom. The minimum atomic E-state index is -0.432. The molecule has 0 fully saturated rings. The van der Waals surface area contributed by atoms with Crippen molar-refractivity contribution in [1.29, 1.82) is 0 Å². The molecule has 0 saturated heterocycles. The molecular weight excluding hydrogens is 308 g/mol. The molecule has 2 rings (SSSR count). The molecule has 7 heteroatoms. The molecule has 2 aromatic rings. The number of carbonyl (C=O) groups is 1. The Labute approximate surface area is 140 Å². The van der Waals surface area contributed by atoms with Gasteiger partial charge in [-0.05, 0) is 25.1 Å². The van der Waals surface area contributed by atoms with Crippen LogP contribution >= 0.6 is 0 Å². The average molecular weight is 330 g/mol. The molecule has 1 aromatic heterocycles. The summed E-state index contributed by atoms with van der Waals surface area (Å²) in [5.41, 5.74) is 3.82. The fourth-order valence-electron chi connectivity index (χ4n) is 1.96. The lowest BCUT2D eigenvalue weighted by molar-refractivity contribution is 0.0950. The van der Waals surface area contributed by atoms with Crippen molar-refractivity contribution in [2.45, 2.75) is 33.1 Å². The van der Waals surface area contributed by atoms with Gasteiger partial charge >= 0.3 is 0 Å². The number of nitrogens with one attached hydrogen (secondary N) is 2. The van der Waals surface area contributed by atoms with E-state index in [1.54, 1.807) is 24.3 Å². The number of aromatic amines is 1. The minimum absolute atomic E-state index is 0.0212. The number of phenols is 1. The fourth-order valence-corrected chi connectivity index (χ4v) is 1.96. The summed E-state index contributed by atoms with van der Waals surface area (Å²) in [5, 5.41) is 20.7. The molecule has 7 nitrogen and oxygen atoms in total. The van der Waals surface area contributed by atoms with Gasteiger partial charge in [0.2, 0.25) is 0 Å². The summed E-state index contributed by atoms with van der Waals surface area (Å²) < 4.78 is 5.30. The number of H-pyrrole nitrogens is 1. The number of aromatic hydroxyl groups is 1. The zero-order valence-corrected chi connectivity index (χ0v) is 14.3. The van der Waals surface area contributed by atoms with Gasteiger partial charge in [0, 0.05) is 16.7 Å². The van der Waals surface area contributed by atoms with Crippen LogP contribution in [-0.4, -0.2) is 34.0 Å². The summed E-state index contributed by atoms with van der Waals surface area (Å²) in [4.78, 5) is 12.0. The Morgan fingerprint density at radius 2 is 2.21 bits per heavy atom. The molecule has 1 heterocycles. The Kier molecular flexibility index (Phi) is 5.23. The smallest absolute Gasteiger partial charge is 0.291 e. The van der Waals surface area contributed by atoms with E-state index in [-0.39, 0.29) is 16.9 Å². The van der Waals surface area contributed by atoms with Crippen LogP contribution in [0.1, 0.15) is 49.4 Å². The van der Waals surface area contributed by atoms with Crippen LogP contribution in [0.4, 0.5) is 0 Å². The van der Waals surface area contributed by atoms with Gasteiger partial charge < -0.3 is 9.84 Å². The van der Waals surface area contributed by atoms with Crippen molar-refractivity contribution in [2.24, 2.45) is 5.10 Å². The van der Waals surface area contributed by atoms with Crippen LogP contribution in [0.2, 0.25) is 0 Å². The number of nitrogens with zero attached hydrogens (tertiary/aromatic N) is 2. The van der Waals surface area contributed by atoms with E-state index in [0.717, 1.165) is 5.69 Å². The molecule has 0 radical (unpaired) electrons. The summed E-state index contributed by atoms with van der Waals surface area (Å²) in [6.07, 6.45) is 1.35. The third-order valence-electron chi connectivity index (χ3n) is 3.32. The Balaban J connectivity index is 2.05. The number of hydrogen-bond acceptors (Lipinski definition) is 5. The number of ether oxygens (including phenoxy) is 1. The summed E-state index contributed by atoms with van der Waals surface area (Å²) in [6.45, 7) is 8.34. The standard InChI is InChI=1S/C17H22N4O3/c1-5-24-13-8-6-7-11(15(13)22)10-18-21-16(23)12-9-14(20-19-12)17(2,3)4/h6-10,22H,5H2,1-4H3,(H,19,20)(H,21,23)/b18-10-. The molecule has 0 bridgehead atoms. The van der Waals surface area contributed by atoms with Gasteiger partial charge in [-0.3, -0.25) is 9.89 Å². The number of phenolic OH excluding ortho intramolecular Hbond substituents is 1. The van der Waals surface area contributed by atoms with Crippen LogP contribution in [0.5, 0.6) is 11.5 Å². The first-order valence-corrected chi connectivity index (χ1v) is 7.67. The summed E-state index contributed by atoms with van der Waals surface area (Å²) in [5.74, 6) is -0.0829. The van der Waals surface area contributed by atoms with E-state index in [9.17, 15) is 9.90 Å². The first-order valence-electron chi connectivity index (χ1n) is 7.67. The van der Waals surface area contributed by atoms with Crippen molar-refractivity contribution in [1.82, 2.24) is 15.6 Å². The number of aromatic nitrogens is 2. The molecule has 0 unspecified atom stereocenters. The van der Waals surface area contributed by atoms with E-state index in [2.05, 4.69) is 20.7 Å². The molecule has 0 aliphatic carbocycles. The van der Waals surface area contributed by atoms with Crippen molar-refractivity contribution in [3.05, 3.63) is 41.2 Å². The molecule has 24 heavy (non-hydrogen) atoms. The SMILES string of the molecule is CCOc1cccc(/C=N\NC(=O)c2cc(C(C)(C)C)[nH]n2)c1O. The topological polar surface area (TPSA) is 99.6 Å². The minimum Gasteiger partial charge on any atom is -0.504 e. The maximum atomic E-state index is 12.0. The van der Waals surface area contributed by atoms with Gasteiger partial charge in [0.15, 0.2) is 17.2 Å². The molecule has 0 aliphatic rings. The molecule has 0 saturated carbocycles. The maximum absolute atomic E-state index is 12.0. The predicted molar refractivity (Wildman–Crippen MR) is 91.6 cm³/mol. The zero-order valence-electron chi connectivity index (χ0n) is 14.3. The first kappa shape index (κ1) is 17.5. The van der Waals surface area contributed by atoms with Crippen LogP contribution < -0.4 is 10.2 Å². The number of carbonyl (C=O) groups excluding carboxylic acids is 1. The van der Waals surface area contributed by atoms with Gasteiger partial charge in [0.1, 0.15) is 0 Å². The Hall–Kier alpha value is -2.83. The van der Waals surface area contributed by atoms with Crippen molar-refractivity contribution in [3.8, 4) is 11.5 Å². The molecule has 128 valence electrons. The summed E-state index contributed by atoms with van der Waals surface area (Å²) in [7, 11) is 0. The summed E-state index contributed by atoms with van der Waals surface area (Å²) in [6, 6.07) is 6.75. The lowest BCUT2D eigenvalue weighted by atomic mass is 9.92. The maximum Gasteiger partial charge on any atom is 0.291 e. The zero-order chi connectivity index (χ0) is 17.7. The molecular formula is C17H22N4O3. The van der Waals surface area contributed by atoms with E-state index in [4.69, 9.17) is 4.74 Å². The van der Waals surface area contributed by atoms with E-state index in [0.29, 0.717) is 17.9 Å². The monoisotopic (exact) mass is 330 g/mol. The number of benzene rings is 1. The van der Waals surface area contributed by atoms with Crippen LogP contribution in [-0.2, 0) is 5.41 Å². The molecule has 0 spiro atoms. The molecule has 0 aliphatic heterocycles. The number of hydrogen-bond donors (Lipinski definition) is 3. The fraction of sp³-hybridized carbons (Fsp3) is 0.353. The summed E-state index contributed by atoms with van der Waals surface area (Å²) >= 11 is 0. The van der Waals surface area contributed by atoms with Gasteiger partial charge in [0.25, 0.3) is 5.91 Å². The predicted octanol–water partition coefficient (Wildman–Crippen LogP) is 2.58. The normalized spacial score (nSPS) is 11.7. The van der Waals surface area contributed by atoms with Gasteiger partial charge in [-0.2, -0.15) is 10.2 Å². The Morgan fingerprint density at radius 1 is 1.46 bits per heavy atom. The van der Waals surface area contributed by atoms with Gasteiger partial charge in [-0.1, -0.05) is 26.8 Å². The lowest BCUT2D eigenvalue weighted by Gasteiger charge is -2.14. The molecule has 1 amide bonds. The quantitative estimate of drug-likeness (QED) is 0.579. The number of rotatable bonds is 5. The van der Waals surface area contributed by atoms with E-state index in [1.165, 1.54) is 6.21 Å². The van der Waals surface area contributed by atoms with Crippen molar-refractivity contribution in [2.75, 3.05) is 6.61 Å². The Bertz CT molecular complexity index is 745. The first-order chi connectivity index (χ1) is 11.3. The number of para-hydroxylation sites is 1. The van der Waals surface area contributed by atoms with Crippen LogP contribution in [0.25, 0.3) is 0 Å². The number of hydrazone groups is 1. The molecule has 0 atom stereocenters. The highest BCUT2D eigenvalue weighted by atomic mass is 16.5. The van der Waals surface area contributed by atoms with Gasteiger partial charge in [-0.25, -0.2) is 5.43 Å². The highest BCUT2D eigenvalue weighted by molar-refractivity contribution is 5.93. The largest absolute Gasteiger partial charge is 0.504 e. The van der Waals surface area contributed by atoms with Crippen LogP contribution in [0.3, 0.4) is 0 Å². The average Bonchev–Trinajstić information content (AvgIpc) is 3.01. The lowest BCUT2D eigenvalue weighted by Crippen LogP contribution is -2.18. The highest BCUT2D eigenvalue weighted by Crippen LogP contribution is 2.28. The van der Waals surface area contributed by atoms with Crippen molar-refractivity contribution in [3.63, 3.8) is 0 Å². The van der Waals surface area contributed by atoms with E-state index >= 15 is 0 Å². The van der Waals surface area contributed by atoms with Crippen LogP contribution in [0.15, 0.2) is 29.4 Å². The second-order valence-electron chi connectivity index (χ2n) is 6.24. The highest BCUT2D eigenvalue weighted by Gasteiger charge is 2.19. The van der Waals surface area contributed by atoms with Gasteiger partial charge in [-0.15, -0.1) is 0 Å². The van der Waals surface area contributed by atoms with E-state index < -0.39 is 5.91 Å². The molecule has 1 aromatic carbocycles. The van der Waals surface area contributed by atoms with Crippen molar-refractivity contribution < 1.29 is 14.6 Å². The molecule has 3 N–H and O–H groups in total. The second-order valence-corrected chi connectivity index (χ2v) is 6.24. The van der Waals surface area contributed by atoms with E-state index in [1.807, 2.05) is 27.7 Å². The third-order valence-corrected chi connectivity index (χ3v) is 3.32.